The second-order valence-electron chi connectivity index (χ2n) is 5.25. The van der Waals surface area contributed by atoms with Crippen LogP contribution in [0.15, 0.2) is 48.5 Å². The second kappa shape index (κ2) is 7.47. The Morgan fingerprint density at radius 3 is 2.33 bits per heavy atom. The summed E-state index contributed by atoms with van der Waals surface area (Å²) in [5.41, 5.74) is 1.93. The van der Waals surface area contributed by atoms with E-state index in [-0.39, 0.29) is 0 Å². The van der Waals surface area contributed by atoms with Crippen LogP contribution in [0.2, 0.25) is 5.02 Å². The number of aromatic nitrogens is 3. The Bertz CT molecular complexity index is 798. The predicted molar refractivity (Wildman–Crippen MR) is 93.9 cm³/mol. The van der Waals surface area contributed by atoms with Gasteiger partial charge < -0.3 is 9.47 Å². The maximum Gasteiger partial charge on any atom is 0.168 e. The number of hydrogen-bond acceptors (Lipinski definition) is 4. The Balaban J connectivity index is 1.89. The lowest BCUT2D eigenvalue weighted by Crippen LogP contribution is -2.04. The molecule has 0 amide bonds. The van der Waals surface area contributed by atoms with Crippen molar-refractivity contribution >= 4 is 11.6 Å². The van der Waals surface area contributed by atoms with Crippen LogP contribution >= 0.6 is 11.6 Å². The summed E-state index contributed by atoms with van der Waals surface area (Å²) in [6, 6.07) is 15.4. The molecule has 0 aliphatic carbocycles. The summed E-state index contributed by atoms with van der Waals surface area (Å²) in [5, 5.41) is 9.21. The van der Waals surface area contributed by atoms with Crippen molar-refractivity contribution in [1.29, 1.82) is 0 Å². The number of benzene rings is 2. The molecule has 0 atom stereocenters. The highest BCUT2D eigenvalue weighted by molar-refractivity contribution is 6.30. The van der Waals surface area contributed by atoms with E-state index in [0.29, 0.717) is 18.2 Å². The van der Waals surface area contributed by atoms with Crippen LogP contribution in [0, 0.1) is 6.92 Å². The van der Waals surface area contributed by atoms with Gasteiger partial charge in [-0.05, 0) is 55.5 Å². The van der Waals surface area contributed by atoms with Gasteiger partial charge in [-0.1, -0.05) is 11.6 Å². The molecule has 0 aliphatic rings. The zero-order valence-corrected chi connectivity index (χ0v) is 14.3. The molecular formula is C18H18ClN3O2. The molecule has 0 N–H and O–H groups in total. The SMILES string of the molecule is COCCOc1ccc(-c2nnc(C)n2-c2ccc(Cl)cc2)cc1. The van der Waals surface area contributed by atoms with E-state index in [1.54, 1.807) is 7.11 Å². The topological polar surface area (TPSA) is 49.2 Å². The number of methoxy groups -OCH3 is 1. The zero-order chi connectivity index (χ0) is 16.9. The summed E-state index contributed by atoms with van der Waals surface area (Å²) in [5.74, 6) is 2.39. The van der Waals surface area contributed by atoms with Gasteiger partial charge in [0.2, 0.25) is 0 Å². The van der Waals surface area contributed by atoms with Crippen molar-refractivity contribution < 1.29 is 9.47 Å². The van der Waals surface area contributed by atoms with Crippen LogP contribution in [0.5, 0.6) is 5.75 Å². The third kappa shape index (κ3) is 3.58. The molecule has 0 spiro atoms. The van der Waals surface area contributed by atoms with Crippen molar-refractivity contribution in [3.8, 4) is 22.8 Å². The van der Waals surface area contributed by atoms with Crippen molar-refractivity contribution in [2.45, 2.75) is 6.92 Å². The molecule has 24 heavy (non-hydrogen) atoms. The summed E-state index contributed by atoms with van der Waals surface area (Å²) in [4.78, 5) is 0. The molecular weight excluding hydrogens is 326 g/mol. The molecule has 0 unspecified atom stereocenters. The van der Waals surface area contributed by atoms with E-state index in [2.05, 4.69) is 10.2 Å². The smallest absolute Gasteiger partial charge is 0.168 e. The summed E-state index contributed by atoms with van der Waals surface area (Å²) in [6.45, 7) is 3.01. The quantitative estimate of drug-likeness (QED) is 0.636. The van der Waals surface area contributed by atoms with Crippen LogP contribution in [-0.2, 0) is 4.74 Å². The molecule has 1 heterocycles. The fourth-order valence-electron chi connectivity index (χ4n) is 2.39. The van der Waals surface area contributed by atoms with Gasteiger partial charge in [-0.3, -0.25) is 4.57 Å². The second-order valence-corrected chi connectivity index (χ2v) is 5.68. The standard InChI is InChI=1S/C18H18ClN3O2/c1-13-20-21-18(22(13)16-7-5-15(19)6-8-16)14-3-9-17(10-4-14)24-12-11-23-2/h3-10H,11-12H2,1-2H3. The van der Waals surface area contributed by atoms with Crippen LogP contribution in [-0.4, -0.2) is 35.1 Å². The molecule has 6 heteroatoms. The van der Waals surface area contributed by atoms with Crippen molar-refractivity contribution in [2.24, 2.45) is 0 Å². The third-order valence-electron chi connectivity index (χ3n) is 3.58. The predicted octanol–water partition coefficient (Wildman–Crippen LogP) is 3.92. The van der Waals surface area contributed by atoms with E-state index >= 15 is 0 Å². The average Bonchev–Trinajstić information content (AvgIpc) is 2.98. The average molecular weight is 344 g/mol. The first kappa shape index (κ1) is 16.5. The Morgan fingerprint density at radius 2 is 1.67 bits per heavy atom. The number of nitrogens with zero attached hydrogens (tertiary/aromatic N) is 3. The van der Waals surface area contributed by atoms with Gasteiger partial charge in [0.15, 0.2) is 5.82 Å². The van der Waals surface area contributed by atoms with Crippen LogP contribution in [0.25, 0.3) is 17.1 Å². The zero-order valence-electron chi connectivity index (χ0n) is 13.6. The third-order valence-corrected chi connectivity index (χ3v) is 3.83. The lowest BCUT2D eigenvalue weighted by Gasteiger charge is -2.10. The molecule has 0 aliphatic heterocycles. The van der Waals surface area contributed by atoms with Gasteiger partial charge in [0.1, 0.15) is 18.2 Å². The number of halogens is 1. The highest BCUT2D eigenvalue weighted by atomic mass is 35.5. The van der Waals surface area contributed by atoms with Crippen LogP contribution in [0.1, 0.15) is 5.82 Å². The molecule has 5 nitrogen and oxygen atoms in total. The summed E-state index contributed by atoms with van der Waals surface area (Å²) < 4.78 is 12.6. The molecule has 0 fully saturated rings. The monoisotopic (exact) mass is 343 g/mol. The lowest BCUT2D eigenvalue weighted by atomic mass is 10.2. The minimum atomic E-state index is 0.524. The first-order valence-electron chi connectivity index (χ1n) is 7.59. The van der Waals surface area contributed by atoms with E-state index < -0.39 is 0 Å². The van der Waals surface area contributed by atoms with Gasteiger partial charge in [0.05, 0.1) is 6.61 Å². The number of aryl methyl sites for hydroxylation is 1. The van der Waals surface area contributed by atoms with Crippen molar-refractivity contribution in [3.05, 3.63) is 59.4 Å². The van der Waals surface area contributed by atoms with Gasteiger partial charge in [-0.2, -0.15) is 0 Å². The van der Waals surface area contributed by atoms with Gasteiger partial charge in [0.25, 0.3) is 0 Å². The number of ether oxygens (including phenoxy) is 2. The van der Waals surface area contributed by atoms with E-state index in [9.17, 15) is 0 Å². The maximum atomic E-state index is 5.98. The molecule has 0 bridgehead atoms. The van der Waals surface area contributed by atoms with E-state index in [1.807, 2.05) is 60.0 Å². The van der Waals surface area contributed by atoms with Crippen molar-refractivity contribution in [2.75, 3.05) is 20.3 Å². The molecule has 0 radical (unpaired) electrons. The highest BCUT2D eigenvalue weighted by Crippen LogP contribution is 2.25. The Labute approximate surface area is 145 Å². The summed E-state index contributed by atoms with van der Waals surface area (Å²) in [7, 11) is 1.65. The molecule has 3 rings (SSSR count). The first-order valence-corrected chi connectivity index (χ1v) is 7.97. The van der Waals surface area contributed by atoms with E-state index in [4.69, 9.17) is 21.1 Å². The van der Waals surface area contributed by atoms with E-state index in [0.717, 1.165) is 28.6 Å². The maximum absolute atomic E-state index is 5.98. The van der Waals surface area contributed by atoms with Crippen LogP contribution in [0.3, 0.4) is 0 Å². The molecule has 1 aromatic heterocycles. The molecule has 124 valence electrons. The van der Waals surface area contributed by atoms with Crippen molar-refractivity contribution in [3.63, 3.8) is 0 Å². The number of rotatable bonds is 6. The minimum absolute atomic E-state index is 0.524. The van der Waals surface area contributed by atoms with Gasteiger partial charge in [-0.25, -0.2) is 0 Å². The van der Waals surface area contributed by atoms with Gasteiger partial charge in [-0.15, -0.1) is 10.2 Å². The minimum Gasteiger partial charge on any atom is -0.491 e. The fourth-order valence-corrected chi connectivity index (χ4v) is 2.52. The van der Waals surface area contributed by atoms with Crippen LogP contribution in [0.4, 0.5) is 0 Å². The summed E-state index contributed by atoms with van der Waals surface area (Å²) in [6.07, 6.45) is 0. The Morgan fingerprint density at radius 1 is 0.958 bits per heavy atom. The lowest BCUT2D eigenvalue weighted by molar-refractivity contribution is 0.146. The highest BCUT2D eigenvalue weighted by Gasteiger charge is 2.13. The molecule has 0 saturated heterocycles. The normalized spacial score (nSPS) is 10.8. The molecule has 0 saturated carbocycles. The first-order chi connectivity index (χ1) is 11.7. The molecule has 3 aromatic rings. The van der Waals surface area contributed by atoms with Crippen molar-refractivity contribution in [1.82, 2.24) is 14.8 Å². The van der Waals surface area contributed by atoms with Gasteiger partial charge >= 0.3 is 0 Å². The fraction of sp³-hybridized carbons (Fsp3) is 0.222. The summed E-state index contributed by atoms with van der Waals surface area (Å²) >= 11 is 5.98. The largest absolute Gasteiger partial charge is 0.491 e. The van der Waals surface area contributed by atoms with E-state index in [1.165, 1.54) is 0 Å². The van der Waals surface area contributed by atoms with Crippen LogP contribution < -0.4 is 4.74 Å². The molecule has 2 aromatic carbocycles. The Hall–Kier alpha value is -2.37. The Kier molecular flexibility index (Phi) is 5.13. The van der Waals surface area contributed by atoms with Gasteiger partial charge in [0, 0.05) is 23.4 Å². The number of hydrogen-bond donors (Lipinski definition) is 0.